The summed E-state index contributed by atoms with van der Waals surface area (Å²) in [5.41, 5.74) is 0.646. The Balaban J connectivity index is 0. The summed E-state index contributed by atoms with van der Waals surface area (Å²) in [6.45, 7) is 5.34. The topological polar surface area (TPSA) is 88.3 Å². The van der Waals surface area contributed by atoms with Crippen LogP contribution in [-0.4, -0.2) is 31.3 Å². The minimum atomic E-state index is 0.615. The van der Waals surface area contributed by atoms with Crippen LogP contribution >= 0.6 is 0 Å². The molecule has 0 radical (unpaired) electrons. The molecule has 23 heavy (non-hydrogen) atoms. The fraction of sp³-hybridized carbons (Fsp3) is 0.471. The van der Waals surface area contributed by atoms with Crippen molar-refractivity contribution in [2.24, 2.45) is 15.0 Å². The number of carbonyl (C=O) groups excluding carboxylic acids is 3. The minimum Gasteiger partial charge on any atom is -0.211 e. The van der Waals surface area contributed by atoms with Gasteiger partial charge in [0.25, 0.3) is 0 Å². The Hall–Kier alpha value is -2.64. The maximum Gasteiger partial charge on any atom is 0.240 e. The second-order valence-corrected chi connectivity index (χ2v) is 4.19. The summed E-state index contributed by atoms with van der Waals surface area (Å²) >= 11 is 0. The van der Waals surface area contributed by atoms with Gasteiger partial charge in [0.05, 0.1) is 18.8 Å². The van der Waals surface area contributed by atoms with E-state index in [9.17, 15) is 14.4 Å². The van der Waals surface area contributed by atoms with Crippen LogP contribution in [0.15, 0.2) is 45.3 Å². The van der Waals surface area contributed by atoms with Crippen molar-refractivity contribution in [3.63, 3.8) is 0 Å². The van der Waals surface area contributed by atoms with E-state index in [4.69, 9.17) is 0 Å². The van der Waals surface area contributed by atoms with Crippen LogP contribution in [0.5, 0.6) is 0 Å². The number of unbranched alkanes of at least 4 members (excludes halogenated alkanes) is 2. The smallest absolute Gasteiger partial charge is 0.211 e. The highest BCUT2D eigenvalue weighted by atomic mass is 16.1. The molecular weight excluding hydrogens is 294 g/mol. The maximum absolute atomic E-state index is 9.68. The van der Waals surface area contributed by atoms with Crippen LogP contribution in [0.4, 0.5) is 5.69 Å². The van der Waals surface area contributed by atoms with Gasteiger partial charge >= 0.3 is 0 Å². The Morgan fingerprint density at radius 1 is 0.783 bits per heavy atom. The molecule has 0 aliphatic rings. The second kappa shape index (κ2) is 21.7. The van der Waals surface area contributed by atoms with Crippen molar-refractivity contribution >= 4 is 23.9 Å². The van der Waals surface area contributed by atoms with Crippen molar-refractivity contribution in [3.8, 4) is 0 Å². The molecule has 1 aromatic carbocycles. The summed E-state index contributed by atoms with van der Waals surface area (Å²) in [4.78, 5) is 38.5. The number of hydrogen-bond donors (Lipinski definition) is 0. The molecule has 0 aliphatic carbocycles. The number of benzene rings is 1. The lowest BCUT2D eigenvalue weighted by molar-refractivity contribution is 0.561. The first-order valence-corrected chi connectivity index (χ1v) is 7.46. The molecule has 0 spiro atoms. The van der Waals surface area contributed by atoms with E-state index in [0.717, 1.165) is 19.3 Å². The van der Waals surface area contributed by atoms with Crippen molar-refractivity contribution in [3.05, 3.63) is 30.3 Å². The largest absolute Gasteiger partial charge is 0.240 e. The summed E-state index contributed by atoms with van der Waals surface area (Å²) in [5.74, 6) is 0. The Labute approximate surface area is 137 Å². The molecule has 0 unspecified atom stereocenters. The molecule has 0 bridgehead atoms. The Morgan fingerprint density at radius 2 is 1.39 bits per heavy atom. The third kappa shape index (κ3) is 21.8. The van der Waals surface area contributed by atoms with Gasteiger partial charge in [0.15, 0.2) is 0 Å². The Bertz CT molecular complexity index is 513. The number of nitrogens with zero attached hydrogens (tertiary/aromatic N) is 3. The molecule has 1 rings (SSSR count). The van der Waals surface area contributed by atoms with Crippen LogP contribution in [-0.2, 0) is 14.4 Å². The van der Waals surface area contributed by atoms with Crippen LogP contribution in [0.3, 0.4) is 0 Å². The van der Waals surface area contributed by atoms with Gasteiger partial charge in [-0.3, -0.25) is 0 Å². The van der Waals surface area contributed by atoms with Gasteiger partial charge in [0.1, 0.15) is 0 Å². The second-order valence-electron chi connectivity index (χ2n) is 4.19. The van der Waals surface area contributed by atoms with Gasteiger partial charge in [-0.05, 0) is 25.0 Å². The van der Waals surface area contributed by atoms with Crippen molar-refractivity contribution < 1.29 is 14.4 Å². The van der Waals surface area contributed by atoms with E-state index in [2.05, 4.69) is 21.9 Å². The molecule has 0 aliphatic heterocycles. The van der Waals surface area contributed by atoms with Gasteiger partial charge in [-0.25, -0.2) is 24.4 Å². The van der Waals surface area contributed by atoms with Crippen LogP contribution < -0.4 is 0 Å². The van der Waals surface area contributed by atoms with E-state index in [1.165, 1.54) is 24.7 Å². The molecule has 0 saturated heterocycles. The van der Waals surface area contributed by atoms with Gasteiger partial charge in [0.2, 0.25) is 18.2 Å². The van der Waals surface area contributed by atoms with Gasteiger partial charge in [-0.1, -0.05) is 44.9 Å². The zero-order chi connectivity index (χ0) is 17.6. The van der Waals surface area contributed by atoms with Gasteiger partial charge in [-0.2, -0.15) is 4.99 Å². The Kier molecular flexibility index (Phi) is 21.3. The summed E-state index contributed by atoms with van der Waals surface area (Å²) in [5, 5.41) is 0. The van der Waals surface area contributed by atoms with Gasteiger partial charge in [0, 0.05) is 0 Å². The molecule has 1 aromatic rings. The van der Waals surface area contributed by atoms with Crippen LogP contribution in [0.25, 0.3) is 0 Å². The van der Waals surface area contributed by atoms with E-state index < -0.39 is 0 Å². The monoisotopic (exact) mass is 317 g/mol. The van der Waals surface area contributed by atoms with Gasteiger partial charge in [-0.15, -0.1) is 0 Å². The van der Waals surface area contributed by atoms with Crippen molar-refractivity contribution in [1.29, 1.82) is 0 Å². The molecule has 0 N–H and O–H groups in total. The first-order chi connectivity index (χ1) is 11.3. The molecule has 0 saturated carbocycles. The SMILES string of the molecule is CCCCCN=C=O.CCCN=C=O.O=C=Nc1ccccc1. The molecule has 0 amide bonds. The lowest BCUT2D eigenvalue weighted by Gasteiger charge is -1.86. The van der Waals surface area contributed by atoms with E-state index in [0.29, 0.717) is 18.8 Å². The zero-order valence-electron chi connectivity index (χ0n) is 13.7. The predicted molar refractivity (Wildman–Crippen MR) is 90.0 cm³/mol. The molecule has 0 heterocycles. The number of hydrogen-bond acceptors (Lipinski definition) is 6. The van der Waals surface area contributed by atoms with Crippen LogP contribution in [0.2, 0.25) is 0 Å². The minimum absolute atomic E-state index is 0.615. The number of para-hydroxylation sites is 1. The fourth-order valence-corrected chi connectivity index (χ4v) is 1.20. The molecule has 0 atom stereocenters. The highest BCUT2D eigenvalue weighted by Crippen LogP contribution is 2.07. The van der Waals surface area contributed by atoms with E-state index in [1.807, 2.05) is 25.1 Å². The first-order valence-electron chi connectivity index (χ1n) is 7.46. The number of isocyanates is 3. The van der Waals surface area contributed by atoms with Gasteiger partial charge < -0.3 is 0 Å². The molecular formula is C17H23N3O3. The lowest BCUT2D eigenvalue weighted by atomic mass is 10.3. The molecule has 0 aromatic heterocycles. The first kappa shape index (κ1) is 22.6. The quantitative estimate of drug-likeness (QED) is 0.434. The molecule has 124 valence electrons. The highest BCUT2D eigenvalue weighted by Gasteiger charge is 1.80. The lowest BCUT2D eigenvalue weighted by Crippen LogP contribution is -1.77. The third-order valence-electron chi connectivity index (χ3n) is 2.27. The molecule has 0 fully saturated rings. The van der Waals surface area contributed by atoms with Crippen molar-refractivity contribution in [1.82, 2.24) is 0 Å². The normalized spacial score (nSPS) is 7.74. The van der Waals surface area contributed by atoms with Crippen molar-refractivity contribution in [2.45, 2.75) is 39.5 Å². The fourth-order valence-electron chi connectivity index (χ4n) is 1.20. The average Bonchev–Trinajstić information content (AvgIpc) is 2.59. The summed E-state index contributed by atoms with van der Waals surface area (Å²) in [6, 6.07) is 8.98. The van der Waals surface area contributed by atoms with Crippen molar-refractivity contribution in [2.75, 3.05) is 13.1 Å². The summed E-state index contributed by atoms with van der Waals surface area (Å²) in [6.07, 6.45) is 8.68. The maximum atomic E-state index is 9.68. The third-order valence-corrected chi connectivity index (χ3v) is 2.27. The van der Waals surface area contributed by atoms with E-state index in [1.54, 1.807) is 12.1 Å². The zero-order valence-corrected chi connectivity index (χ0v) is 13.7. The van der Waals surface area contributed by atoms with Crippen LogP contribution in [0, 0.1) is 0 Å². The summed E-state index contributed by atoms with van der Waals surface area (Å²) in [7, 11) is 0. The van der Waals surface area contributed by atoms with Crippen LogP contribution in [0.1, 0.15) is 39.5 Å². The van der Waals surface area contributed by atoms with E-state index >= 15 is 0 Å². The highest BCUT2D eigenvalue weighted by molar-refractivity contribution is 5.47. The standard InChI is InChI=1S/C7H5NO.C6H11NO.C4H7NO/c9-6-8-7-4-2-1-3-5-7;1-2-3-4-5-7-6-8;1-2-3-5-4-6/h1-5H;2-5H2,1H3;2-3H2,1H3. The summed E-state index contributed by atoms with van der Waals surface area (Å²) < 4.78 is 0. The van der Waals surface area contributed by atoms with E-state index in [-0.39, 0.29) is 0 Å². The molecule has 6 nitrogen and oxygen atoms in total. The Morgan fingerprint density at radius 3 is 1.83 bits per heavy atom. The number of aliphatic imine (C=N–C) groups is 3. The molecule has 6 heteroatoms. The predicted octanol–water partition coefficient (Wildman–Crippen LogP) is 3.90. The number of rotatable bonds is 7. The average molecular weight is 317 g/mol.